The highest BCUT2D eigenvalue weighted by molar-refractivity contribution is 7.99. The van der Waals surface area contributed by atoms with Crippen LogP contribution in [0, 0.1) is 5.92 Å². The first-order valence-corrected chi connectivity index (χ1v) is 8.12. The monoisotopic (exact) mass is 308 g/mol. The van der Waals surface area contributed by atoms with Crippen LogP contribution < -0.4 is 5.73 Å². The summed E-state index contributed by atoms with van der Waals surface area (Å²) in [5.74, 6) is 2.34. The van der Waals surface area contributed by atoms with Gasteiger partial charge in [-0.05, 0) is 38.1 Å². The van der Waals surface area contributed by atoms with Crippen molar-refractivity contribution < 1.29 is 9.53 Å². The highest BCUT2D eigenvalue weighted by Gasteiger charge is 2.25. The second-order valence-electron chi connectivity index (χ2n) is 5.23. The molecule has 0 aromatic carbocycles. The van der Waals surface area contributed by atoms with Gasteiger partial charge < -0.3 is 15.4 Å². The van der Waals surface area contributed by atoms with Crippen molar-refractivity contribution in [3.8, 4) is 0 Å². The topological polar surface area (TPSA) is 55.6 Å². The van der Waals surface area contributed by atoms with Crippen molar-refractivity contribution >= 4 is 30.1 Å². The quantitative estimate of drug-likeness (QED) is 0.836. The van der Waals surface area contributed by atoms with Gasteiger partial charge in [0.1, 0.15) is 0 Å². The van der Waals surface area contributed by atoms with E-state index in [2.05, 4.69) is 0 Å². The molecule has 0 aromatic rings. The number of nitrogens with two attached hydrogens (primary N) is 1. The summed E-state index contributed by atoms with van der Waals surface area (Å²) in [4.78, 5) is 13.9. The standard InChI is InChI=1S/C13H24N2O2S.ClH/c14-7-11-4-5-15(8-11)13(16)10-18-9-12-3-1-2-6-17-12;/h11-12H,1-10,14H2;1H. The summed E-state index contributed by atoms with van der Waals surface area (Å²) >= 11 is 1.72. The lowest BCUT2D eigenvalue weighted by Gasteiger charge is -2.22. The highest BCUT2D eigenvalue weighted by Crippen LogP contribution is 2.19. The van der Waals surface area contributed by atoms with Crippen molar-refractivity contribution in [3.63, 3.8) is 0 Å². The molecule has 0 bridgehead atoms. The fourth-order valence-corrected chi connectivity index (χ4v) is 3.56. The molecule has 2 aliphatic rings. The number of nitrogens with zero attached hydrogens (tertiary/aromatic N) is 1. The minimum Gasteiger partial charge on any atom is -0.377 e. The number of hydrogen-bond donors (Lipinski definition) is 1. The minimum atomic E-state index is 0. The van der Waals surface area contributed by atoms with E-state index in [0.29, 0.717) is 24.3 Å². The normalized spacial score (nSPS) is 27.1. The van der Waals surface area contributed by atoms with Gasteiger partial charge in [0.15, 0.2) is 0 Å². The van der Waals surface area contributed by atoms with Gasteiger partial charge in [0.05, 0.1) is 11.9 Å². The molecule has 6 heteroatoms. The van der Waals surface area contributed by atoms with E-state index in [-0.39, 0.29) is 18.3 Å². The molecule has 0 spiro atoms. The third-order valence-electron chi connectivity index (χ3n) is 3.78. The third kappa shape index (κ3) is 5.50. The predicted octanol–water partition coefficient (Wildman–Crippen LogP) is 1.52. The first kappa shape index (κ1) is 17.1. The summed E-state index contributed by atoms with van der Waals surface area (Å²) in [6.45, 7) is 3.34. The second kappa shape index (κ2) is 9.06. The second-order valence-corrected chi connectivity index (χ2v) is 6.26. The minimum absolute atomic E-state index is 0. The van der Waals surface area contributed by atoms with Crippen LogP contribution in [0.3, 0.4) is 0 Å². The molecule has 0 radical (unpaired) electrons. The van der Waals surface area contributed by atoms with Gasteiger partial charge in [0, 0.05) is 25.4 Å². The van der Waals surface area contributed by atoms with Crippen molar-refractivity contribution in [2.75, 3.05) is 37.7 Å². The largest absolute Gasteiger partial charge is 0.377 e. The van der Waals surface area contributed by atoms with Crippen molar-refractivity contribution in [3.05, 3.63) is 0 Å². The van der Waals surface area contributed by atoms with Crippen molar-refractivity contribution in [2.45, 2.75) is 31.8 Å². The van der Waals surface area contributed by atoms with Gasteiger partial charge in [-0.2, -0.15) is 0 Å². The lowest BCUT2D eigenvalue weighted by molar-refractivity contribution is -0.127. The first-order chi connectivity index (χ1) is 8.79. The maximum absolute atomic E-state index is 12.0. The van der Waals surface area contributed by atoms with E-state index in [4.69, 9.17) is 10.5 Å². The number of carbonyl (C=O) groups is 1. The Kier molecular flexibility index (Phi) is 8.14. The Morgan fingerprint density at radius 3 is 2.84 bits per heavy atom. The van der Waals surface area contributed by atoms with Gasteiger partial charge in [-0.15, -0.1) is 24.2 Å². The Bertz CT molecular complexity index is 275. The van der Waals surface area contributed by atoms with Crippen molar-refractivity contribution in [1.29, 1.82) is 0 Å². The molecule has 1 amide bonds. The third-order valence-corrected chi connectivity index (χ3v) is 4.83. The summed E-state index contributed by atoms with van der Waals surface area (Å²) in [5.41, 5.74) is 5.63. The Balaban J connectivity index is 0.00000180. The van der Waals surface area contributed by atoms with Crippen LogP contribution in [-0.2, 0) is 9.53 Å². The van der Waals surface area contributed by atoms with E-state index < -0.39 is 0 Å². The molecule has 2 heterocycles. The summed E-state index contributed by atoms with van der Waals surface area (Å²) < 4.78 is 5.66. The molecule has 2 rings (SSSR count). The number of likely N-dealkylation sites (tertiary alicyclic amines) is 1. The van der Waals surface area contributed by atoms with Crippen LogP contribution in [0.1, 0.15) is 25.7 Å². The van der Waals surface area contributed by atoms with Gasteiger partial charge in [0.2, 0.25) is 5.91 Å². The predicted molar refractivity (Wildman–Crippen MR) is 81.9 cm³/mol. The van der Waals surface area contributed by atoms with Gasteiger partial charge >= 0.3 is 0 Å². The molecule has 2 N–H and O–H groups in total. The SMILES string of the molecule is Cl.NCC1CCN(C(=O)CSCC2CCCCO2)C1. The zero-order chi connectivity index (χ0) is 12.8. The number of thioether (sulfide) groups is 1. The molecule has 0 aliphatic carbocycles. The summed E-state index contributed by atoms with van der Waals surface area (Å²) in [6, 6.07) is 0. The highest BCUT2D eigenvalue weighted by atomic mass is 35.5. The molecular weight excluding hydrogens is 284 g/mol. The van der Waals surface area contributed by atoms with Crippen LogP contribution >= 0.6 is 24.2 Å². The average molecular weight is 309 g/mol. The van der Waals surface area contributed by atoms with E-state index in [0.717, 1.165) is 38.3 Å². The molecule has 2 saturated heterocycles. The number of hydrogen-bond acceptors (Lipinski definition) is 4. The van der Waals surface area contributed by atoms with Crippen LogP contribution in [0.2, 0.25) is 0 Å². The van der Waals surface area contributed by atoms with E-state index in [1.54, 1.807) is 11.8 Å². The summed E-state index contributed by atoms with van der Waals surface area (Å²) in [6.07, 6.45) is 5.04. The molecule has 4 nitrogen and oxygen atoms in total. The van der Waals surface area contributed by atoms with Gasteiger partial charge in [0.25, 0.3) is 0 Å². The van der Waals surface area contributed by atoms with Gasteiger partial charge in [-0.3, -0.25) is 4.79 Å². The van der Waals surface area contributed by atoms with Crippen molar-refractivity contribution in [2.24, 2.45) is 11.7 Å². The molecule has 2 aliphatic heterocycles. The maximum Gasteiger partial charge on any atom is 0.232 e. The smallest absolute Gasteiger partial charge is 0.232 e. The van der Waals surface area contributed by atoms with Crippen molar-refractivity contribution in [1.82, 2.24) is 4.90 Å². The van der Waals surface area contributed by atoms with E-state index >= 15 is 0 Å². The number of rotatable bonds is 5. The number of carbonyl (C=O) groups excluding carboxylic acids is 1. The molecule has 2 atom stereocenters. The molecule has 19 heavy (non-hydrogen) atoms. The molecule has 0 saturated carbocycles. The van der Waals surface area contributed by atoms with Crippen LogP contribution in [0.25, 0.3) is 0 Å². The van der Waals surface area contributed by atoms with Gasteiger partial charge in [-0.1, -0.05) is 0 Å². The summed E-state index contributed by atoms with van der Waals surface area (Å²) in [5, 5.41) is 0. The lowest BCUT2D eigenvalue weighted by atomic mass is 10.1. The zero-order valence-corrected chi connectivity index (χ0v) is 13.0. The van der Waals surface area contributed by atoms with Gasteiger partial charge in [-0.25, -0.2) is 0 Å². The van der Waals surface area contributed by atoms with Crippen LogP contribution in [-0.4, -0.2) is 54.7 Å². The van der Waals surface area contributed by atoms with E-state index in [1.807, 2.05) is 4.90 Å². The summed E-state index contributed by atoms with van der Waals surface area (Å²) in [7, 11) is 0. The molecule has 2 unspecified atom stereocenters. The van der Waals surface area contributed by atoms with E-state index in [9.17, 15) is 4.79 Å². The molecule has 2 fully saturated rings. The Morgan fingerprint density at radius 2 is 2.21 bits per heavy atom. The number of ether oxygens (including phenoxy) is 1. The van der Waals surface area contributed by atoms with Crippen LogP contribution in [0.5, 0.6) is 0 Å². The fourth-order valence-electron chi connectivity index (χ4n) is 2.56. The maximum atomic E-state index is 12.0. The average Bonchev–Trinajstić information content (AvgIpc) is 2.89. The molecule has 112 valence electrons. The van der Waals surface area contributed by atoms with Crippen LogP contribution in [0.4, 0.5) is 0 Å². The Hall–Kier alpha value is 0.0300. The van der Waals surface area contributed by atoms with E-state index in [1.165, 1.54) is 12.8 Å². The number of amides is 1. The number of halogens is 1. The lowest BCUT2D eigenvalue weighted by Crippen LogP contribution is -2.31. The Morgan fingerprint density at radius 1 is 1.37 bits per heavy atom. The Labute approximate surface area is 126 Å². The molecular formula is C13H25ClN2O2S. The first-order valence-electron chi connectivity index (χ1n) is 6.96. The van der Waals surface area contributed by atoms with Crippen LogP contribution in [0.15, 0.2) is 0 Å². The zero-order valence-electron chi connectivity index (χ0n) is 11.4. The fraction of sp³-hybridized carbons (Fsp3) is 0.923. The molecule has 0 aromatic heterocycles.